The zero-order chi connectivity index (χ0) is 28.9. The van der Waals surface area contributed by atoms with Crippen molar-refractivity contribution < 1.29 is 23.8 Å². The minimum absolute atomic E-state index is 0.0126. The van der Waals surface area contributed by atoms with E-state index in [1.807, 2.05) is 6.92 Å². The number of epoxide rings is 1. The third-order valence-electron chi connectivity index (χ3n) is 12.7. The van der Waals surface area contributed by atoms with E-state index in [-0.39, 0.29) is 41.1 Å². The molecule has 0 aromatic heterocycles. The normalized spacial score (nSPS) is 45.8. The van der Waals surface area contributed by atoms with Crippen molar-refractivity contribution in [3.05, 3.63) is 0 Å². The highest BCUT2D eigenvalue weighted by Crippen LogP contribution is 2.71. The molecule has 5 nitrogen and oxygen atoms in total. The topological polar surface area (TPSA) is 65.1 Å². The second-order valence-electron chi connectivity index (χ2n) is 15.6. The van der Waals surface area contributed by atoms with Crippen molar-refractivity contribution in [3.63, 3.8) is 0 Å². The van der Waals surface area contributed by atoms with Gasteiger partial charge in [0.05, 0.1) is 11.7 Å². The Morgan fingerprint density at radius 1 is 0.850 bits per heavy atom. The summed E-state index contributed by atoms with van der Waals surface area (Å²) in [5.74, 6) is 3.55. The van der Waals surface area contributed by atoms with E-state index in [9.17, 15) is 9.59 Å². The number of esters is 2. The lowest BCUT2D eigenvalue weighted by molar-refractivity contribution is -0.163. The summed E-state index contributed by atoms with van der Waals surface area (Å²) < 4.78 is 18.9. The summed E-state index contributed by atoms with van der Waals surface area (Å²) in [5.41, 5.74) is 0.295. The Labute approximate surface area is 244 Å². The van der Waals surface area contributed by atoms with E-state index >= 15 is 0 Å². The monoisotopic (exact) mass is 558 g/mol. The van der Waals surface area contributed by atoms with Gasteiger partial charge in [0, 0.05) is 18.8 Å². The summed E-state index contributed by atoms with van der Waals surface area (Å²) in [6.45, 7) is 16.1. The molecule has 0 bridgehead atoms. The van der Waals surface area contributed by atoms with Gasteiger partial charge in [-0.2, -0.15) is 0 Å². The molecule has 1 aliphatic heterocycles. The Bertz CT molecular complexity index is 931. The molecular weight excluding hydrogens is 500 g/mol. The van der Waals surface area contributed by atoms with Crippen LogP contribution in [-0.2, 0) is 23.8 Å². The van der Waals surface area contributed by atoms with Gasteiger partial charge in [-0.15, -0.1) is 0 Å². The molecule has 40 heavy (non-hydrogen) atoms. The van der Waals surface area contributed by atoms with Crippen molar-refractivity contribution in [2.45, 2.75) is 162 Å². The molecule has 0 aromatic carbocycles. The van der Waals surface area contributed by atoms with E-state index in [1.54, 1.807) is 0 Å². The largest absolute Gasteiger partial charge is 0.462 e. The molecule has 0 radical (unpaired) electrons. The van der Waals surface area contributed by atoms with Crippen molar-refractivity contribution in [1.82, 2.24) is 0 Å². The molecular formula is C35H58O5. The maximum atomic E-state index is 12.9. The van der Waals surface area contributed by atoms with Crippen LogP contribution in [0.25, 0.3) is 0 Å². The number of carbonyl (C=O) groups is 2. The van der Waals surface area contributed by atoms with Crippen LogP contribution in [0.15, 0.2) is 0 Å². The van der Waals surface area contributed by atoms with Crippen molar-refractivity contribution in [1.29, 1.82) is 0 Å². The third kappa shape index (κ3) is 5.39. The first kappa shape index (κ1) is 30.4. The number of fused-ring (bicyclic) bond motifs is 5. The number of hydrogen-bond acceptors (Lipinski definition) is 5. The van der Waals surface area contributed by atoms with E-state index in [0.717, 1.165) is 38.5 Å². The van der Waals surface area contributed by atoms with Gasteiger partial charge in [-0.05, 0) is 124 Å². The summed E-state index contributed by atoms with van der Waals surface area (Å²) in [6, 6.07) is 0. The molecule has 1 heterocycles. The van der Waals surface area contributed by atoms with Crippen LogP contribution in [0.5, 0.6) is 0 Å². The van der Waals surface area contributed by atoms with Crippen LogP contribution in [0.1, 0.15) is 138 Å². The predicted molar refractivity (Wildman–Crippen MR) is 158 cm³/mol. The van der Waals surface area contributed by atoms with Gasteiger partial charge < -0.3 is 14.2 Å². The maximum absolute atomic E-state index is 12.9. The lowest BCUT2D eigenvalue weighted by Gasteiger charge is -2.61. The average Bonchev–Trinajstić information content (AvgIpc) is 3.43. The molecule has 4 saturated carbocycles. The molecule has 5 aliphatic rings. The fourth-order valence-corrected chi connectivity index (χ4v) is 10.7. The molecule has 5 heteroatoms. The average molecular weight is 559 g/mol. The van der Waals surface area contributed by atoms with Gasteiger partial charge in [0.2, 0.25) is 0 Å². The van der Waals surface area contributed by atoms with E-state index < -0.39 is 0 Å². The number of hydrogen-bond donors (Lipinski definition) is 0. The van der Waals surface area contributed by atoms with Crippen LogP contribution >= 0.6 is 0 Å². The molecule has 228 valence electrons. The van der Waals surface area contributed by atoms with Gasteiger partial charge in [0.15, 0.2) is 0 Å². The Morgan fingerprint density at radius 3 is 2.20 bits per heavy atom. The lowest BCUT2D eigenvalue weighted by atomic mass is 9.44. The molecule has 0 N–H and O–H groups in total. The van der Waals surface area contributed by atoms with Gasteiger partial charge in [-0.25, -0.2) is 0 Å². The maximum Gasteiger partial charge on any atom is 0.306 e. The highest BCUT2D eigenvalue weighted by Gasteiger charge is 2.71. The van der Waals surface area contributed by atoms with Gasteiger partial charge in [0.1, 0.15) is 12.2 Å². The smallest absolute Gasteiger partial charge is 0.306 e. The third-order valence-corrected chi connectivity index (χ3v) is 12.7. The first-order valence-corrected chi connectivity index (χ1v) is 17.0. The summed E-state index contributed by atoms with van der Waals surface area (Å²) in [6.07, 6.45) is 14.6. The van der Waals surface area contributed by atoms with E-state index in [2.05, 4.69) is 41.5 Å². The minimum atomic E-state index is -0.177. The Hall–Kier alpha value is -1.10. The zero-order valence-corrected chi connectivity index (χ0v) is 26.6. The molecule has 5 rings (SSSR count). The van der Waals surface area contributed by atoms with Crippen LogP contribution in [0.2, 0.25) is 0 Å². The van der Waals surface area contributed by atoms with E-state index in [0.29, 0.717) is 54.0 Å². The summed E-state index contributed by atoms with van der Waals surface area (Å²) in [4.78, 5) is 25.1. The van der Waals surface area contributed by atoms with E-state index in [4.69, 9.17) is 14.2 Å². The molecule has 4 aliphatic carbocycles. The van der Waals surface area contributed by atoms with Crippen molar-refractivity contribution >= 4 is 11.9 Å². The molecule has 1 unspecified atom stereocenters. The fourth-order valence-electron chi connectivity index (χ4n) is 10.7. The number of rotatable bonds is 10. The summed E-state index contributed by atoms with van der Waals surface area (Å²) in [5, 5.41) is 0. The van der Waals surface area contributed by atoms with E-state index in [1.165, 1.54) is 38.5 Å². The van der Waals surface area contributed by atoms with Crippen molar-refractivity contribution in [3.8, 4) is 0 Å². The van der Waals surface area contributed by atoms with Gasteiger partial charge in [0.25, 0.3) is 0 Å². The van der Waals surface area contributed by atoms with Crippen LogP contribution in [0.4, 0.5) is 0 Å². The quantitative estimate of drug-likeness (QED) is 0.199. The summed E-state index contributed by atoms with van der Waals surface area (Å²) in [7, 11) is 0. The highest BCUT2D eigenvalue weighted by atomic mass is 16.6. The van der Waals surface area contributed by atoms with Crippen LogP contribution in [0, 0.1) is 46.3 Å². The highest BCUT2D eigenvalue weighted by molar-refractivity contribution is 5.69. The second-order valence-corrected chi connectivity index (χ2v) is 15.6. The first-order valence-electron chi connectivity index (χ1n) is 17.0. The Balaban J connectivity index is 1.35. The fraction of sp³-hybridized carbons (Fsp3) is 0.943. The Morgan fingerprint density at radius 2 is 1.52 bits per heavy atom. The van der Waals surface area contributed by atoms with Crippen LogP contribution in [-0.4, -0.2) is 35.9 Å². The minimum Gasteiger partial charge on any atom is -0.462 e. The van der Waals surface area contributed by atoms with Gasteiger partial charge in [-0.3, -0.25) is 9.59 Å². The second kappa shape index (κ2) is 11.5. The summed E-state index contributed by atoms with van der Waals surface area (Å²) >= 11 is 0. The Kier molecular flexibility index (Phi) is 8.75. The predicted octanol–water partition coefficient (Wildman–Crippen LogP) is 8.27. The number of carbonyl (C=O) groups excluding carboxylic acids is 2. The SMILES string of the molecule is CCCC(=O)O[C@H]1CC[C@@]2(C)C(CC[C@H]3[C@@H]4C[C@H](OC(=O)CCC)[C@H]([C@]5(C)O[C@H]5CCC(C)C)[C@@]4(C)CC[C@@H]32)C1. The molecule has 0 amide bonds. The molecule has 0 aromatic rings. The van der Waals surface area contributed by atoms with Crippen LogP contribution < -0.4 is 0 Å². The first-order chi connectivity index (χ1) is 19.0. The van der Waals surface area contributed by atoms with Crippen LogP contribution in [0.3, 0.4) is 0 Å². The molecule has 5 fully saturated rings. The van der Waals surface area contributed by atoms with Gasteiger partial charge in [-0.1, -0.05) is 41.5 Å². The standard InChI is InChI=1S/C35H58O5/c1-8-10-30(36)38-24-16-18-33(5)23(20-24)13-14-25-26(33)17-19-34(6)27(25)21-28(39-31(37)11-9-2)32(34)35(7)29(40-35)15-12-22(3)4/h22-29,32H,8-21H2,1-7H3/t23?,24-,25+,26-,27-,28-,29-,32-,33-,34-,35+/m0/s1. The number of ether oxygens (including phenoxy) is 3. The zero-order valence-electron chi connectivity index (χ0n) is 26.6. The molecule has 0 spiro atoms. The van der Waals surface area contributed by atoms with Crippen molar-refractivity contribution in [2.75, 3.05) is 0 Å². The lowest BCUT2D eigenvalue weighted by Crippen LogP contribution is -2.55. The molecule has 1 saturated heterocycles. The van der Waals surface area contributed by atoms with Gasteiger partial charge >= 0.3 is 11.9 Å². The molecule has 11 atom stereocenters. The van der Waals surface area contributed by atoms with Crippen molar-refractivity contribution in [2.24, 2.45) is 46.3 Å².